The molecule has 1 aliphatic rings. The molecule has 2 rings (SSSR count). The molecular formula is C9H9NO3. The second-order valence-electron chi connectivity index (χ2n) is 2.75. The number of ether oxygens (including phenoxy) is 2. The van der Waals surface area contributed by atoms with E-state index in [1.807, 2.05) is 0 Å². The molecule has 0 fully saturated rings. The molecular weight excluding hydrogens is 170 g/mol. The Bertz CT molecular complexity index is 349. The molecule has 1 aromatic rings. The number of methoxy groups -OCH3 is 1. The Hall–Kier alpha value is -1.58. The third-order valence-electron chi connectivity index (χ3n) is 1.93. The number of carbonyl (C=O) groups is 1. The van der Waals surface area contributed by atoms with Crippen LogP contribution in [0.3, 0.4) is 0 Å². The molecule has 0 bridgehead atoms. The van der Waals surface area contributed by atoms with Crippen molar-refractivity contribution in [2.45, 2.75) is 6.42 Å². The van der Waals surface area contributed by atoms with Crippen LogP contribution in [-0.2, 0) is 0 Å². The summed E-state index contributed by atoms with van der Waals surface area (Å²) in [5.74, 6) is 1.06. The van der Waals surface area contributed by atoms with E-state index < -0.39 is 0 Å². The van der Waals surface area contributed by atoms with Crippen molar-refractivity contribution in [1.82, 2.24) is 4.98 Å². The van der Waals surface area contributed by atoms with Crippen molar-refractivity contribution in [2.24, 2.45) is 0 Å². The monoisotopic (exact) mass is 179 g/mol. The van der Waals surface area contributed by atoms with E-state index in [1.54, 1.807) is 6.07 Å². The van der Waals surface area contributed by atoms with Crippen LogP contribution >= 0.6 is 0 Å². The van der Waals surface area contributed by atoms with E-state index in [2.05, 4.69) is 4.98 Å². The van der Waals surface area contributed by atoms with Gasteiger partial charge in [-0.1, -0.05) is 0 Å². The number of carbonyl (C=O) groups excluding carboxylic acids is 1. The molecule has 4 heteroatoms. The highest BCUT2D eigenvalue weighted by Crippen LogP contribution is 2.25. The van der Waals surface area contributed by atoms with Crippen LogP contribution in [0.1, 0.15) is 16.8 Å². The molecule has 0 atom stereocenters. The van der Waals surface area contributed by atoms with E-state index in [4.69, 9.17) is 9.47 Å². The zero-order chi connectivity index (χ0) is 9.26. The lowest BCUT2D eigenvalue weighted by atomic mass is 10.1. The summed E-state index contributed by atoms with van der Waals surface area (Å²) < 4.78 is 10.2. The second kappa shape index (κ2) is 3.05. The first-order valence-corrected chi connectivity index (χ1v) is 4.01. The quantitative estimate of drug-likeness (QED) is 0.646. The van der Waals surface area contributed by atoms with Gasteiger partial charge in [-0.25, -0.2) is 4.98 Å². The lowest BCUT2D eigenvalue weighted by Gasteiger charge is -2.14. The lowest BCUT2D eigenvalue weighted by molar-refractivity contribution is 0.0929. The van der Waals surface area contributed by atoms with E-state index >= 15 is 0 Å². The first kappa shape index (κ1) is 8.04. The Balaban J connectivity index is 2.47. The fourth-order valence-electron chi connectivity index (χ4n) is 1.23. The fraction of sp³-hybridized carbons (Fsp3) is 0.333. The minimum atomic E-state index is 0.0626. The highest BCUT2D eigenvalue weighted by atomic mass is 16.5. The molecule has 0 unspecified atom stereocenters. The normalized spacial score (nSPS) is 14.7. The summed E-state index contributed by atoms with van der Waals surface area (Å²) in [6.07, 6.45) is 1.96. The summed E-state index contributed by atoms with van der Waals surface area (Å²) in [7, 11) is 1.54. The maximum atomic E-state index is 11.4. The number of hydrogen-bond acceptors (Lipinski definition) is 4. The van der Waals surface area contributed by atoms with Crippen molar-refractivity contribution in [2.75, 3.05) is 13.7 Å². The van der Waals surface area contributed by atoms with Gasteiger partial charge in [-0.3, -0.25) is 4.79 Å². The van der Waals surface area contributed by atoms with E-state index in [0.717, 1.165) is 0 Å². The van der Waals surface area contributed by atoms with Crippen molar-refractivity contribution in [1.29, 1.82) is 0 Å². The molecule has 1 aliphatic heterocycles. The van der Waals surface area contributed by atoms with Gasteiger partial charge in [0.15, 0.2) is 5.78 Å². The minimum absolute atomic E-state index is 0.0626. The second-order valence-corrected chi connectivity index (χ2v) is 2.75. The zero-order valence-electron chi connectivity index (χ0n) is 7.24. The van der Waals surface area contributed by atoms with Crippen LogP contribution in [0.25, 0.3) is 0 Å². The Morgan fingerprint density at radius 2 is 2.46 bits per heavy atom. The molecule has 0 saturated carbocycles. The van der Waals surface area contributed by atoms with Gasteiger partial charge < -0.3 is 9.47 Å². The summed E-state index contributed by atoms with van der Waals surface area (Å²) in [6, 6.07) is 1.66. The molecule has 0 aliphatic carbocycles. The molecule has 0 saturated heterocycles. The predicted octanol–water partition coefficient (Wildman–Crippen LogP) is 1.06. The average Bonchev–Trinajstić information content (AvgIpc) is 2.18. The van der Waals surface area contributed by atoms with Crippen LogP contribution in [0.4, 0.5) is 0 Å². The van der Waals surface area contributed by atoms with Gasteiger partial charge in [-0.15, -0.1) is 0 Å². The Labute approximate surface area is 75.5 Å². The smallest absolute Gasteiger partial charge is 0.224 e. The van der Waals surface area contributed by atoms with Crippen molar-refractivity contribution >= 4 is 5.78 Å². The van der Waals surface area contributed by atoms with Crippen LogP contribution in [-0.4, -0.2) is 24.5 Å². The third kappa shape index (κ3) is 1.35. The van der Waals surface area contributed by atoms with Gasteiger partial charge >= 0.3 is 0 Å². The molecule has 0 spiro atoms. The van der Waals surface area contributed by atoms with Crippen molar-refractivity contribution < 1.29 is 14.3 Å². The summed E-state index contributed by atoms with van der Waals surface area (Å²) in [4.78, 5) is 15.4. The van der Waals surface area contributed by atoms with Crippen molar-refractivity contribution in [3.8, 4) is 11.6 Å². The summed E-state index contributed by atoms with van der Waals surface area (Å²) in [5.41, 5.74) is 0.519. The third-order valence-corrected chi connectivity index (χ3v) is 1.93. The van der Waals surface area contributed by atoms with Gasteiger partial charge in [-0.2, -0.15) is 0 Å². The fourth-order valence-corrected chi connectivity index (χ4v) is 1.23. The molecule has 0 N–H and O–H groups in total. The number of aromatic nitrogens is 1. The first-order chi connectivity index (χ1) is 6.31. The number of Topliss-reactive ketones (excluding diaryl/α,β-unsaturated/α-hetero) is 1. The van der Waals surface area contributed by atoms with Crippen molar-refractivity contribution in [3.05, 3.63) is 17.8 Å². The SMILES string of the molecule is COc1cnc2c(c1)C(=O)CCO2. The molecule has 0 aromatic carbocycles. The molecule has 0 amide bonds. The number of hydrogen-bond donors (Lipinski definition) is 0. The molecule has 68 valence electrons. The molecule has 0 radical (unpaired) electrons. The standard InChI is InChI=1S/C9H9NO3/c1-12-6-4-7-8(11)2-3-13-9(7)10-5-6/h4-5H,2-3H2,1H3. The lowest BCUT2D eigenvalue weighted by Crippen LogP contribution is -2.16. The van der Waals surface area contributed by atoms with Crippen LogP contribution in [0, 0.1) is 0 Å². The maximum Gasteiger partial charge on any atom is 0.224 e. The predicted molar refractivity (Wildman–Crippen MR) is 45.2 cm³/mol. The summed E-state index contributed by atoms with van der Waals surface area (Å²) in [5, 5.41) is 0. The number of pyridine rings is 1. The number of nitrogens with zero attached hydrogens (tertiary/aromatic N) is 1. The molecule has 4 nitrogen and oxygen atoms in total. The van der Waals surface area contributed by atoms with Gasteiger partial charge in [-0.05, 0) is 6.07 Å². The highest BCUT2D eigenvalue weighted by molar-refractivity contribution is 5.99. The Kier molecular flexibility index (Phi) is 1.88. The minimum Gasteiger partial charge on any atom is -0.495 e. The van der Waals surface area contributed by atoms with Gasteiger partial charge in [0, 0.05) is 6.42 Å². The molecule has 1 aromatic heterocycles. The average molecular weight is 179 g/mol. The highest BCUT2D eigenvalue weighted by Gasteiger charge is 2.19. The van der Waals surface area contributed by atoms with Gasteiger partial charge in [0.1, 0.15) is 5.75 Å². The number of ketones is 1. The number of rotatable bonds is 1. The van der Waals surface area contributed by atoms with E-state index in [9.17, 15) is 4.79 Å². The van der Waals surface area contributed by atoms with E-state index in [1.165, 1.54) is 13.3 Å². The summed E-state index contributed by atoms with van der Waals surface area (Å²) >= 11 is 0. The van der Waals surface area contributed by atoms with Crippen LogP contribution < -0.4 is 9.47 Å². The van der Waals surface area contributed by atoms with Crippen molar-refractivity contribution in [3.63, 3.8) is 0 Å². The van der Waals surface area contributed by atoms with Crippen LogP contribution in [0.2, 0.25) is 0 Å². The summed E-state index contributed by atoms with van der Waals surface area (Å²) in [6.45, 7) is 0.422. The topological polar surface area (TPSA) is 48.4 Å². The zero-order valence-corrected chi connectivity index (χ0v) is 7.24. The van der Waals surface area contributed by atoms with E-state index in [0.29, 0.717) is 30.2 Å². The van der Waals surface area contributed by atoms with Gasteiger partial charge in [0.25, 0.3) is 0 Å². The maximum absolute atomic E-state index is 11.4. The molecule has 13 heavy (non-hydrogen) atoms. The van der Waals surface area contributed by atoms with Crippen LogP contribution in [0.15, 0.2) is 12.3 Å². The van der Waals surface area contributed by atoms with E-state index in [-0.39, 0.29) is 5.78 Å². The molecule has 2 heterocycles. The Morgan fingerprint density at radius 1 is 1.62 bits per heavy atom. The number of fused-ring (bicyclic) bond motifs is 1. The van der Waals surface area contributed by atoms with Crippen LogP contribution in [0.5, 0.6) is 11.6 Å². The largest absolute Gasteiger partial charge is 0.495 e. The van der Waals surface area contributed by atoms with Gasteiger partial charge in [0.2, 0.25) is 5.88 Å². The Morgan fingerprint density at radius 3 is 3.23 bits per heavy atom. The van der Waals surface area contributed by atoms with Gasteiger partial charge in [0.05, 0.1) is 25.5 Å². The first-order valence-electron chi connectivity index (χ1n) is 4.01.